The maximum atomic E-state index is 4.36. The number of halogens is 1. The van der Waals surface area contributed by atoms with E-state index in [1.54, 1.807) is 0 Å². The van der Waals surface area contributed by atoms with Crippen molar-refractivity contribution in [2.24, 2.45) is 4.99 Å². The Labute approximate surface area is 198 Å². The highest BCUT2D eigenvalue weighted by Gasteiger charge is 2.19. The second-order valence-electron chi connectivity index (χ2n) is 8.04. The summed E-state index contributed by atoms with van der Waals surface area (Å²) < 4.78 is 0. The van der Waals surface area contributed by atoms with Gasteiger partial charge in [-0.25, -0.2) is 9.97 Å². The van der Waals surface area contributed by atoms with Gasteiger partial charge in [0.05, 0.1) is 0 Å². The van der Waals surface area contributed by atoms with Gasteiger partial charge in [-0.15, -0.1) is 24.0 Å². The van der Waals surface area contributed by atoms with E-state index in [1.165, 1.54) is 32.4 Å². The lowest BCUT2D eigenvalue weighted by Gasteiger charge is -2.34. The average molecular weight is 531 g/mol. The Morgan fingerprint density at radius 2 is 1.77 bits per heavy atom. The van der Waals surface area contributed by atoms with Crippen molar-refractivity contribution >= 4 is 35.9 Å². The Kier molecular flexibility index (Phi) is 11.7. The topological polar surface area (TPSA) is 71.9 Å². The molecule has 2 N–H and O–H groups in total. The number of guanidine groups is 1. The van der Waals surface area contributed by atoms with Gasteiger partial charge in [0, 0.05) is 77.8 Å². The molecule has 1 aromatic rings. The zero-order valence-corrected chi connectivity index (χ0v) is 20.9. The van der Waals surface area contributed by atoms with E-state index in [2.05, 4.69) is 47.2 Å². The third kappa shape index (κ3) is 8.14. The number of piperazine rings is 1. The van der Waals surface area contributed by atoms with Crippen molar-refractivity contribution in [2.75, 3.05) is 70.9 Å². The quantitative estimate of drug-likeness (QED) is 0.229. The molecule has 2 aliphatic heterocycles. The molecule has 1 aromatic heterocycles. The minimum atomic E-state index is 0. The molecule has 0 saturated carbocycles. The number of rotatable bonds is 8. The van der Waals surface area contributed by atoms with Crippen molar-refractivity contribution in [1.82, 2.24) is 30.4 Å². The lowest BCUT2D eigenvalue weighted by atomic mass is 10.0. The second-order valence-corrected chi connectivity index (χ2v) is 8.04. The fraction of sp³-hybridized carbons (Fsp3) is 0.762. The highest BCUT2D eigenvalue weighted by atomic mass is 127. The van der Waals surface area contributed by atoms with Crippen LogP contribution in [-0.4, -0.2) is 97.7 Å². The molecule has 0 spiro atoms. The first-order valence-corrected chi connectivity index (χ1v) is 11.2. The van der Waals surface area contributed by atoms with Gasteiger partial charge in [0.25, 0.3) is 0 Å². The van der Waals surface area contributed by atoms with Crippen molar-refractivity contribution in [2.45, 2.75) is 38.6 Å². The van der Waals surface area contributed by atoms with E-state index in [9.17, 15) is 0 Å². The number of hydrogen-bond acceptors (Lipinski definition) is 6. The van der Waals surface area contributed by atoms with E-state index < -0.39 is 0 Å². The van der Waals surface area contributed by atoms with E-state index in [-0.39, 0.29) is 24.0 Å². The highest BCUT2D eigenvalue weighted by Crippen LogP contribution is 2.16. The molecular weight excluding hydrogens is 491 g/mol. The lowest BCUT2D eigenvalue weighted by molar-refractivity contribution is 0.159. The van der Waals surface area contributed by atoms with Gasteiger partial charge in [-0.3, -0.25) is 9.89 Å². The van der Waals surface area contributed by atoms with Crippen molar-refractivity contribution < 1.29 is 0 Å². The second kappa shape index (κ2) is 14.0. The van der Waals surface area contributed by atoms with E-state index in [0.29, 0.717) is 0 Å². The van der Waals surface area contributed by atoms with Crippen LogP contribution in [-0.2, 0) is 0 Å². The molecule has 3 rings (SSSR count). The normalized spacial score (nSPS) is 21.2. The van der Waals surface area contributed by atoms with Crippen LogP contribution in [0.2, 0.25) is 0 Å². The number of aromatic nitrogens is 2. The van der Waals surface area contributed by atoms with Crippen molar-refractivity contribution in [1.29, 1.82) is 0 Å². The van der Waals surface area contributed by atoms with Crippen molar-refractivity contribution in [3.63, 3.8) is 0 Å². The molecule has 2 aliphatic rings. The van der Waals surface area contributed by atoms with Gasteiger partial charge in [0.1, 0.15) is 0 Å². The summed E-state index contributed by atoms with van der Waals surface area (Å²) >= 11 is 0. The third-order valence-corrected chi connectivity index (χ3v) is 6.01. The number of nitrogens with zero attached hydrogens (tertiary/aromatic N) is 6. The van der Waals surface area contributed by atoms with E-state index in [1.807, 2.05) is 25.5 Å². The SMILES string of the molecule is CN=C(NCCCN1CCCCC1C)NCCN1CCN(c2ncccn2)CC1.I. The van der Waals surface area contributed by atoms with E-state index >= 15 is 0 Å². The maximum Gasteiger partial charge on any atom is 0.225 e. The zero-order chi connectivity index (χ0) is 20.3. The van der Waals surface area contributed by atoms with Gasteiger partial charge in [0.2, 0.25) is 5.95 Å². The molecule has 0 aliphatic carbocycles. The predicted molar refractivity (Wildman–Crippen MR) is 135 cm³/mol. The lowest BCUT2D eigenvalue weighted by Crippen LogP contribution is -2.49. The molecule has 0 bridgehead atoms. The Morgan fingerprint density at radius 1 is 1.03 bits per heavy atom. The Balaban J connectivity index is 0.00000320. The van der Waals surface area contributed by atoms with Crippen molar-refractivity contribution in [3.8, 4) is 0 Å². The van der Waals surface area contributed by atoms with E-state index in [4.69, 9.17) is 0 Å². The van der Waals surface area contributed by atoms with Crippen LogP contribution in [0.1, 0.15) is 32.6 Å². The van der Waals surface area contributed by atoms with Gasteiger partial charge < -0.3 is 20.4 Å². The molecular formula is C21H39IN8. The van der Waals surface area contributed by atoms with Crippen LogP contribution >= 0.6 is 24.0 Å². The monoisotopic (exact) mass is 530 g/mol. The van der Waals surface area contributed by atoms with Crippen LogP contribution in [0, 0.1) is 0 Å². The Hall–Kier alpha value is -1.20. The standard InChI is InChI=1S/C21H38N8.HI/c1-19-7-3-4-12-28(19)13-6-10-23-20(22-2)24-11-14-27-15-17-29(18-16-27)21-25-8-5-9-26-21;/h5,8-9,19H,3-4,6-7,10-18H2,1-2H3,(H2,22,23,24);1H. The Bertz CT molecular complexity index is 606. The molecule has 1 unspecified atom stereocenters. The number of nitrogens with one attached hydrogen (secondary N) is 2. The third-order valence-electron chi connectivity index (χ3n) is 6.01. The highest BCUT2D eigenvalue weighted by molar-refractivity contribution is 14.0. The summed E-state index contributed by atoms with van der Waals surface area (Å²) in [6.45, 7) is 11.7. The van der Waals surface area contributed by atoms with Gasteiger partial charge in [-0.05, 0) is 38.8 Å². The first-order valence-electron chi connectivity index (χ1n) is 11.2. The summed E-state index contributed by atoms with van der Waals surface area (Å²) in [5.74, 6) is 1.75. The average Bonchev–Trinajstić information content (AvgIpc) is 2.77. The number of hydrogen-bond donors (Lipinski definition) is 2. The summed E-state index contributed by atoms with van der Waals surface area (Å²) in [5.41, 5.74) is 0. The van der Waals surface area contributed by atoms with Gasteiger partial charge in [-0.1, -0.05) is 6.42 Å². The molecule has 30 heavy (non-hydrogen) atoms. The van der Waals surface area contributed by atoms with E-state index in [0.717, 1.165) is 70.2 Å². The fourth-order valence-corrected chi connectivity index (χ4v) is 4.16. The van der Waals surface area contributed by atoms with Crippen LogP contribution in [0.5, 0.6) is 0 Å². The first-order chi connectivity index (χ1) is 14.3. The summed E-state index contributed by atoms with van der Waals surface area (Å²) in [5, 5.41) is 6.91. The summed E-state index contributed by atoms with van der Waals surface area (Å²) in [6.07, 6.45) is 8.88. The molecule has 2 fully saturated rings. The smallest absolute Gasteiger partial charge is 0.225 e. The number of likely N-dealkylation sites (tertiary alicyclic amines) is 1. The predicted octanol–water partition coefficient (Wildman–Crippen LogP) is 1.65. The molecule has 0 amide bonds. The molecule has 3 heterocycles. The van der Waals surface area contributed by atoms with Gasteiger partial charge >= 0.3 is 0 Å². The summed E-state index contributed by atoms with van der Waals surface area (Å²) in [4.78, 5) is 20.4. The molecule has 9 heteroatoms. The van der Waals surface area contributed by atoms with Crippen LogP contribution in [0.15, 0.2) is 23.5 Å². The molecule has 8 nitrogen and oxygen atoms in total. The molecule has 1 atom stereocenters. The van der Waals surface area contributed by atoms with Crippen LogP contribution in [0.25, 0.3) is 0 Å². The molecule has 0 radical (unpaired) electrons. The number of aliphatic imine (C=N–C) groups is 1. The number of piperidine rings is 1. The summed E-state index contributed by atoms with van der Waals surface area (Å²) in [6, 6.07) is 2.61. The van der Waals surface area contributed by atoms with Crippen LogP contribution in [0.4, 0.5) is 5.95 Å². The van der Waals surface area contributed by atoms with Crippen LogP contribution < -0.4 is 15.5 Å². The minimum Gasteiger partial charge on any atom is -0.356 e. The van der Waals surface area contributed by atoms with Gasteiger partial charge in [-0.2, -0.15) is 0 Å². The number of anilines is 1. The summed E-state index contributed by atoms with van der Waals surface area (Å²) in [7, 11) is 1.85. The zero-order valence-electron chi connectivity index (χ0n) is 18.6. The fourth-order valence-electron chi connectivity index (χ4n) is 4.16. The molecule has 2 saturated heterocycles. The maximum absolute atomic E-state index is 4.36. The van der Waals surface area contributed by atoms with Gasteiger partial charge in [0.15, 0.2) is 5.96 Å². The first kappa shape index (κ1) is 25.1. The minimum absolute atomic E-state index is 0. The van der Waals surface area contributed by atoms with Crippen LogP contribution in [0.3, 0.4) is 0 Å². The van der Waals surface area contributed by atoms with Crippen molar-refractivity contribution in [3.05, 3.63) is 18.5 Å². The Morgan fingerprint density at radius 3 is 2.47 bits per heavy atom. The molecule has 170 valence electrons. The largest absolute Gasteiger partial charge is 0.356 e. The molecule has 0 aromatic carbocycles.